The monoisotopic (exact) mass is 291 g/mol. The van der Waals surface area contributed by atoms with E-state index in [1.165, 1.54) is 41.6 Å². The predicted octanol–water partition coefficient (Wildman–Crippen LogP) is 1.90. The van der Waals surface area contributed by atoms with Crippen LogP contribution in [0.3, 0.4) is 0 Å². The van der Waals surface area contributed by atoms with Crippen LogP contribution >= 0.6 is 0 Å². The number of ether oxygens (including phenoxy) is 1. The van der Waals surface area contributed by atoms with E-state index < -0.39 is 12.0 Å². The highest BCUT2D eigenvalue weighted by Crippen LogP contribution is 2.14. The topological polar surface area (TPSA) is 77.6 Å². The fourth-order valence-electron chi connectivity index (χ4n) is 2.05. The number of hydrogen-bond acceptors (Lipinski definition) is 5. The van der Waals surface area contributed by atoms with Crippen molar-refractivity contribution in [2.24, 2.45) is 0 Å². The van der Waals surface area contributed by atoms with Gasteiger partial charge in [-0.25, -0.2) is 14.6 Å². The van der Waals surface area contributed by atoms with Crippen molar-refractivity contribution in [2.45, 2.75) is 25.9 Å². The van der Waals surface area contributed by atoms with Gasteiger partial charge >= 0.3 is 12.0 Å². The van der Waals surface area contributed by atoms with Gasteiger partial charge in [-0.2, -0.15) is 0 Å². The Labute approximate surface area is 122 Å². The normalized spacial score (nSPS) is 11.9. The highest BCUT2D eigenvalue weighted by atomic mass is 16.5. The van der Waals surface area contributed by atoms with E-state index >= 15 is 0 Å². The lowest BCUT2D eigenvalue weighted by Crippen LogP contribution is -2.46. The molecule has 1 amide bonds. The molecule has 0 radical (unpaired) electrons. The summed E-state index contributed by atoms with van der Waals surface area (Å²) in [5.74, 6) is 0.128. The van der Waals surface area contributed by atoms with Gasteiger partial charge < -0.3 is 14.1 Å². The van der Waals surface area contributed by atoms with Crippen molar-refractivity contribution in [2.75, 3.05) is 7.11 Å². The minimum absolute atomic E-state index is 0.178. The second-order valence-corrected chi connectivity index (χ2v) is 4.41. The third kappa shape index (κ3) is 3.31. The molecule has 0 aliphatic rings. The van der Waals surface area contributed by atoms with Gasteiger partial charge in [0.2, 0.25) is 0 Å². The summed E-state index contributed by atoms with van der Waals surface area (Å²) in [7, 11) is 1.30. The van der Waals surface area contributed by atoms with Gasteiger partial charge in [-0.3, -0.25) is 4.57 Å². The smallest absolute Gasteiger partial charge is 0.330 e. The fourth-order valence-corrected chi connectivity index (χ4v) is 2.05. The Morgan fingerprint density at radius 2 is 2.33 bits per heavy atom. The second-order valence-electron chi connectivity index (χ2n) is 4.41. The van der Waals surface area contributed by atoms with Crippen molar-refractivity contribution in [3.05, 3.63) is 42.9 Å². The number of esters is 1. The average Bonchev–Trinajstić information content (AvgIpc) is 3.19. The van der Waals surface area contributed by atoms with Gasteiger partial charge in [0.1, 0.15) is 18.1 Å². The largest absolute Gasteiger partial charge is 0.467 e. The van der Waals surface area contributed by atoms with Crippen molar-refractivity contribution in [1.82, 2.24) is 14.5 Å². The van der Waals surface area contributed by atoms with E-state index in [1.807, 2.05) is 6.92 Å². The fraction of sp³-hybridized carbons (Fsp3) is 0.357. The second kappa shape index (κ2) is 6.74. The lowest BCUT2D eigenvalue weighted by molar-refractivity contribution is -0.146. The van der Waals surface area contributed by atoms with E-state index in [1.54, 1.807) is 12.1 Å². The van der Waals surface area contributed by atoms with E-state index in [0.717, 1.165) is 0 Å². The number of nitrogens with zero attached hydrogens (tertiary/aromatic N) is 3. The van der Waals surface area contributed by atoms with Crippen LogP contribution in [0.2, 0.25) is 0 Å². The summed E-state index contributed by atoms with van der Waals surface area (Å²) in [5, 5.41) is 0. The molecule has 0 spiro atoms. The molecule has 2 rings (SSSR count). The van der Waals surface area contributed by atoms with E-state index in [0.29, 0.717) is 12.2 Å². The molecule has 0 aliphatic heterocycles. The Hall–Kier alpha value is -2.57. The molecule has 2 heterocycles. The molecule has 0 aliphatic carbocycles. The Morgan fingerprint density at radius 3 is 2.86 bits per heavy atom. The molecule has 112 valence electrons. The van der Waals surface area contributed by atoms with Crippen molar-refractivity contribution < 1.29 is 18.7 Å². The van der Waals surface area contributed by atoms with Crippen molar-refractivity contribution >= 4 is 12.0 Å². The standard InChI is InChI=1S/C14H17N3O4/c1-3-12(13(18)20-2)17(9-11-5-4-8-21-11)14(19)16-7-6-15-10-16/h4-8,10,12H,3,9H2,1-2H3/t12-/m0/s1. The summed E-state index contributed by atoms with van der Waals surface area (Å²) in [6.45, 7) is 2.00. The number of rotatable bonds is 5. The van der Waals surface area contributed by atoms with Crippen molar-refractivity contribution in [3.8, 4) is 0 Å². The third-order valence-corrected chi connectivity index (χ3v) is 3.11. The SMILES string of the molecule is CC[C@@H](C(=O)OC)N(Cc1ccco1)C(=O)n1ccnc1. The molecule has 0 bridgehead atoms. The third-order valence-electron chi connectivity index (χ3n) is 3.11. The van der Waals surface area contributed by atoms with Crippen LogP contribution in [0.15, 0.2) is 41.5 Å². The maximum atomic E-state index is 12.6. The first-order valence-corrected chi connectivity index (χ1v) is 6.56. The molecule has 2 aromatic rings. The number of carbonyl (C=O) groups is 2. The van der Waals surface area contributed by atoms with Crippen molar-refractivity contribution in [1.29, 1.82) is 0 Å². The van der Waals surface area contributed by atoms with Crippen LogP contribution in [0, 0.1) is 0 Å². The first-order valence-electron chi connectivity index (χ1n) is 6.56. The van der Waals surface area contributed by atoms with Crippen LogP contribution < -0.4 is 0 Å². The van der Waals surface area contributed by atoms with Crippen LogP contribution in [-0.4, -0.2) is 39.6 Å². The first kappa shape index (κ1) is 14.8. The molecule has 0 aromatic carbocycles. The zero-order valence-electron chi connectivity index (χ0n) is 11.9. The predicted molar refractivity (Wildman–Crippen MR) is 73.4 cm³/mol. The van der Waals surface area contributed by atoms with Gasteiger partial charge in [-0.1, -0.05) is 6.92 Å². The molecule has 2 aromatic heterocycles. The number of furan rings is 1. The summed E-state index contributed by atoms with van der Waals surface area (Å²) < 4.78 is 11.4. The summed E-state index contributed by atoms with van der Waals surface area (Å²) >= 11 is 0. The maximum Gasteiger partial charge on any atom is 0.330 e. The summed E-state index contributed by atoms with van der Waals surface area (Å²) in [6.07, 6.45) is 6.38. The molecule has 21 heavy (non-hydrogen) atoms. The zero-order valence-corrected chi connectivity index (χ0v) is 11.9. The zero-order chi connectivity index (χ0) is 15.2. The van der Waals surface area contributed by atoms with Gasteiger partial charge in [0.25, 0.3) is 0 Å². The highest BCUT2D eigenvalue weighted by Gasteiger charge is 2.30. The molecule has 0 unspecified atom stereocenters. The number of methoxy groups -OCH3 is 1. The number of aromatic nitrogens is 2. The summed E-state index contributed by atoms with van der Waals surface area (Å²) in [4.78, 5) is 29.7. The first-order chi connectivity index (χ1) is 10.2. The Bertz CT molecular complexity index is 577. The molecule has 0 saturated carbocycles. The molecular formula is C14H17N3O4. The molecule has 7 heteroatoms. The number of imidazole rings is 1. The molecule has 0 fully saturated rings. The minimum atomic E-state index is -0.685. The Balaban J connectivity index is 2.28. The maximum absolute atomic E-state index is 12.6. The van der Waals surface area contributed by atoms with Crippen molar-refractivity contribution in [3.63, 3.8) is 0 Å². The quantitative estimate of drug-likeness (QED) is 0.786. The van der Waals surface area contributed by atoms with E-state index in [9.17, 15) is 9.59 Å². The lowest BCUT2D eigenvalue weighted by atomic mass is 10.2. The van der Waals surface area contributed by atoms with E-state index in [4.69, 9.17) is 9.15 Å². The summed E-state index contributed by atoms with van der Waals surface area (Å²) in [5.41, 5.74) is 0. The van der Waals surface area contributed by atoms with Gasteiger partial charge in [-0.05, 0) is 18.6 Å². The van der Waals surface area contributed by atoms with Crippen LogP contribution in [0.5, 0.6) is 0 Å². The van der Waals surface area contributed by atoms with E-state index in [2.05, 4.69) is 4.98 Å². The Kier molecular flexibility index (Phi) is 4.76. The Morgan fingerprint density at radius 1 is 1.52 bits per heavy atom. The van der Waals surface area contributed by atoms with Crippen LogP contribution in [-0.2, 0) is 16.1 Å². The number of hydrogen-bond donors (Lipinski definition) is 0. The number of carbonyl (C=O) groups excluding carboxylic acids is 2. The molecule has 0 N–H and O–H groups in total. The van der Waals surface area contributed by atoms with Crippen LogP contribution in [0.25, 0.3) is 0 Å². The highest BCUT2D eigenvalue weighted by molar-refractivity contribution is 5.84. The molecule has 7 nitrogen and oxygen atoms in total. The van der Waals surface area contributed by atoms with Crippen LogP contribution in [0.1, 0.15) is 19.1 Å². The molecule has 1 atom stereocenters. The van der Waals surface area contributed by atoms with E-state index in [-0.39, 0.29) is 12.6 Å². The lowest BCUT2D eigenvalue weighted by Gasteiger charge is -2.28. The van der Waals surface area contributed by atoms with Gasteiger partial charge in [0.05, 0.1) is 19.9 Å². The molecule has 0 saturated heterocycles. The van der Waals surface area contributed by atoms with Crippen LogP contribution in [0.4, 0.5) is 4.79 Å². The average molecular weight is 291 g/mol. The van der Waals surface area contributed by atoms with Gasteiger partial charge in [0.15, 0.2) is 0 Å². The molecular weight excluding hydrogens is 274 g/mol. The minimum Gasteiger partial charge on any atom is -0.467 e. The number of amides is 1. The van der Waals surface area contributed by atoms with Gasteiger partial charge in [-0.15, -0.1) is 0 Å². The van der Waals surface area contributed by atoms with Gasteiger partial charge in [0, 0.05) is 12.4 Å². The summed E-state index contributed by atoms with van der Waals surface area (Å²) in [6, 6.07) is 2.43.